The molecule has 160 valence electrons. The van der Waals surface area contributed by atoms with Gasteiger partial charge in [-0.25, -0.2) is 0 Å². The molecule has 2 unspecified atom stereocenters. The first kappa shape index (κ1) is 20.9. The fourth-order valence-electron chi connectivity index (χ4n) is 3.66. The van der Waals surface area contributed by atoms with Crippen LogP contribution in [0.15, 0.2) is 48.2 Å². The fraction of sp³-hybridized carbons (Fsp3) is 0.273. The smallest absolute Gasteiger partial charge is 0.310 e. The molecule has 9 heteroatoms. The quantitative estimate of drug-likeness (QED) is 0.230. The number of carbonyl (C=O) groups excluding carboxylic acids is 3. The van der Waals surface area contributed by atoms with Crippen molar-refractivity contribution in [3.05, 3.63) is 59.4 Å². The van der Waals surface area contributed by atoms with Crippen LogP contribution in [0.3, 0.4) is 0 Å². The Bertz CT molecular complexity index is 1070. The maximum absolute atomic E-state index is 12.6. The fourth-order valence-corrected chi connectivity index (χ4v) is 5.24. The lowest BCUT2D eigenvalue weighted by Gasteiger charge is -2.38. The number of hydrogen-bond acceptors (Lipinski definition) is 8. The van der Waals surface area contributed by atoms with Crippen LogP contribution >= 0.6 is 11.8 Å². The Balaban J connectivity index is 1.44. The molecule has 31 heavy (non-hydrogen) atoms. The summed E-state index contributed by atoms with van der Waals surface area (Å²) in [5.74, 6) is -1.36. The lowest BCUT2D eigenvalue weighted by molar-refractivity contribution is -0.145. The van der Waals surface area contributed by atoms with Crippen LogP contribution in [0.1, 0.15) is 18.2 Å². The molecule has 2 aliphatic heterocycles. The molecule has 2 aromatic rings. The third-order valence-electron chi connectivity index (χ3n) is 5.33. The van der Waals surface area contributed by atoms with Crippen LogP contribution in [0, 0.1) is 0 Å². The van der Waals surface area contributed by atoms with Gasteiger partial charge in [0.15, 0.2) is 11.5 Å². The van der Waals surface area contributed by atoms with Crippen molar-refractivity contribution in [2.45, 2.75) is 29.5 Å². The Labute approximate surface area is 182 Å². The van der Waals surface area contributed by atoms with Crippen molar-refractivity contribution in [2.24, 2.45) is 0 Å². The lowest BCUT2D eigenvalue weighted by Crippen LogP contribution is -2.57. The van der Waals surface area contributed by atoms with Crippen LogP contribution in [0.2, 0.25) is 0 Å². The maximum atomic E-state index is 12.6. The molecule has 1 amide bonds. The number of β-lactam (4-membered cyclic amide) rings is 1. The third-order valence-corrected chi connectivity index (χ3v) is 6.94. The summed E-state index contributed by atoms with van der Waals surface area (Å²) in [4.78, 5) is 42.5. The molecule has 2 fully saturated rings. The molecule has 1 aromatic heterocycles. The SMILES string of the molecule is CC1(COC(=O)Cc2ccc(O)c(O)c2)SC2/C(=C\c3ccccn3)C(=O)N2[C@H]1C=O. The van der Waals surface area contributed by atoms with E-state index in [1.807, 2.05) is 6.07 Å². The van der Waals surface area contributed by atoms with E-state index in [2.05, 4.69) is 4.98 Å². The third kappa shape index (κ3) is 3.88. The van der Waals surface area contributed by atoms with Crippen molar-refractivity contribution >= 4 is 36.0 Å². The number of aromatic hydroxyl groups is 2. The number of phenols is 2. The Kier molecular flexibility index (Phi) is 5.45. The summed E-state index contributed by atoms with van der Waals surface area (Å²) in [6.07, 6.45) is 3.97. The molecule has 4 rings (SSSR count). The molecule has 1 aromatic carbocycles. The van der Waals surface area contributed by atoms with E-state index in [9.17, 15) is 24.6 Å². The number of amides is 1. The number of pyridine rings is 1. The number of aromatic nitrogens is 1. The molecule has 3 heterocycles. The van der Waals surface area contributed by atoms with Gasteiger partial charge in [0, 0.05) is 6.20 Å². The molecule has 3 atom stereocenters. The summed E-state index contributed by atoms with van der Waals surface area (Å²) in [6, 6.07) is 8.78. The molecule has 0 spiro atoms. The Morgan fingerprint density at radius 2 is 2.10 bits per heavy atom. The molecule has 0 radical (unpaired) electrons. The average Bonchev–Trinajstić information content (AvgIpc) is 3.03. The highest BCUT2D eigenvalue weighted by Gasteiger charge is 2.60. The Morgan fingerprint density at radius 1 is 1.29 bits per heavy atom. The topological polar surface area (TPSA) is 117 Å². The van der Waals surface area contributed by atoms with Gasteiger partial charge in [-0.05, 0) is 42.8 Å². The van der Waals surface area contributed by atoms with Gasteiger partial charge in [0.2, 0.25) is 0 Å². The first-order chi connectivity index (χ1) is 14.8. The van der Waals surface area contributed by atoms with E-state index in [-0.39, 0.29) is 35.8 Å². The molecule has 2 saturated heterocycles. The second-order valence-electron chi connectivity index (χ2n) is 7.59. The van der Waals surface area contributed by atoms with E-state index < -0.39 is 16.8 Å². The van der Waals surface area contributed by atoms with Crippen LogP contribution in [-0.2, 0) is 25.5 Å². The zero-order valence-corrected chi connectivity index (χ0v) is 17.4. The largest absolute Gasteiger partial charge is 0.504 e. The Morgan fingerprint density at radius 3 is 2.77 bits per heavy atom. The number of ether oxygens (including phenoxy) is 1. The predicted molar refractivity (Wildman–Crippen MR) is 113 cm³/mol. The minimum Gasteiger partial charge on any atom is -0.504 e. The van der Waals surface area contributed by atoms with Crippen LogP contribution in [0.4, 0.5) is 0 Å². The number of benzene rings is 1. The van der Waals surface area contributed by atoms with E-state index in [0.29, 0.717) is 23.1 Å². The first-order valence-corrected chi connectivity index (χ1v) is 10.5. The van der Waals surface area contributed by atoms with Crippen LogP contribution in [-0.4, -0.2) is 61.0 Å². The van der Waals surface area contributed by atoms with Gasteiger partial charge in [0.05, 0.1) is 22.4 Å². The lowest BCUT2D eigenvalue weighted by atomic mass is 9.95. The number of rotatable bonds is 6. The van der Waals surface area contributed by atoms with E-state index in [4.69, 9.17) is 4.74 Å². The maximum Gasteiger partial charge on any atom is 0.310 e. The number of thioether (sulfide) groups is 1. The molecule has 2 aliphatic rings. The van der Waals surface area contributed by atoms with Gasteiger partial charge in [-0.2, -0.15) is 0 Å². The van der Waals surface area contributed by atoms with Crippen molar-refractivity contribution in [3.63, 3.8) is 0 Å². The van der Waals surface area contributed by atoms with Crippen molar-refractivity contribution in [3.8, 4) is 11.5 Å². The summed E-state index contributed by atoms with van der Waals surface area (Å²) in [7, 11) is 0. The number of carbonyl (C=O) groups is 3. The monoisotopic (exact) mass is 440 g/mol. The highest BCUT2D eigenvalue weighted by Crippen LogP contribution is 2.53. The van der Waals surface area contributed by atoms with Gasteiger partial charge in [0.25, 0.3) is 5.91 Å². The van der Waals surface area contributed by atoms with E-state index >= 15 is 0 Å². The molecule has 0 bridgehead atoms. The van der Waals surface area contributed by atoms with Crippen LogP contribution in [0.5, 0.6) is 11.5 Å². The summed E-state index contributed by atoms with van der Waals surface area (Å²) in [5, 5.41) is 18.6. The van der Waals surface area contributed by atoms with Gasteiger partial charge in [-0.1, -0.05) is 12.1 Å². The van der Waals surface area contributed by atoms with E-state index in [1.54, 1.807) is 31.3 Å². The molecule has 2 N–H and O–H groups in total. The molecule has 8 nitrogen and oxygen atoms in total. The Hall–Kier alpha value is -3.33. The highest BCUT2D eigenvalue weighted by molar-refractivity contribution is 8.02. The van der Waals surface area contributed by atoms with Crippen LogP contribution < -0.4 is 0 Å². The summed E-state index contributed by atoms with van der Waals surface area (Å²) >= 11 is 1.41. The molecular weight excluding hydrogens is 420 g/mol. The minimum absolute atomic E-state index is 0.0544. The zero-order valence-electron chi connectivity index (χ0n) is 16.6. The number of hydrogen-bond donors (Lipinski definition) is 2. The van der Waals surface area contributed by atoms with Gasteiger partial charge >= 0.3 is 5.97 Å². The second-order valence-corrected chi connectivity index (χ2v) is 9.21. The number of fused-ring (bicyclic) bond motifs is 1. The van der Waals surface area contributed by atoms with Crippen molar-refractivity contribution in [1.29, 1.82) is 0 Å². The summed E-state index contributed by atoms with van der Waals surface area (Å²) in [5.41, 5.74) is 1.70. The standard InChI is InChI=1S/C22H20N2O6S/c1-22(12-30-19(28)9-13-5-6-16(26)17(27)8-13)18(11-25)24-20(29)15(21(24)31-22)10-14-4-2-3-7-23-14/h2-8,10-11,18,21,26-27H,9,12H2,1H3/b15-10-/t18-,21?,22?/m0/s1. The van der Waals surface area contributed by atoms with Crippen molar-refractivity contribution in [1.82, 2.24) is 9.88 Å². The average molecular weight is 440 g/mol. The molecule has 0 aliphatic carbocycles. The van der Waals surface area contributed by atoms with Gasteiger partial charge in [-0.3, -0.25) is 14.6 Å². The minimum atomic E-state index is -0.797. The van der Waals surface area contributed by atoms with Crippen molar-refractivity contribution in [2.75, 3.05) is 6.61 Å². The first-order valence-electron chi connectivity index (χ1n) is 9.57. The zero-order chi connectivity index (χ0) is 22.2. The number of phenolic OH excluding ortho intramolecular Hbond substituents is 2. The predicted octanol–water partition coefficient (Wildman–Crippen LogP) is 1.90. The normalized spacial score (nSPS) is 25.8. The summed E-state index contributed by atoms with van der Waals surface area (Å²) in [6.45, 7) is 1.74. The van der Waals surface area contributed by atoms with Gasteiger partial charge < -0.3 is 24.6 Å². The van der Waals surface area contributed by atoms with Crippen molar-refractivity contribution < 1.29 is 29.3 Å². The number of aldehydes is 1. The van der Waals surface area contributed by atoms with Crippen LogP contribution in [0.25, 0.3) is 6.08 Å². The summed E-state index contributed by atoms with van der Waals surface area (Å²) < 4.78 is 4.62. The van der Waals surface area contributed by atoms with E-state index in [0.717, 1.165) is 0 Å². The number of nitrogens with zero attached hydrogens (tertiary/aromatic N) is 2. The van der Waals surface area contributed by atoms with E-state index in [1.165, 1.54) is 34.9 Å². The molecule has 0 saturated carbocycles. The molecular formula is C22H20N2O6S. The van der Waals surface area contributed by atoms with Gasteiger partial charge in [-0.15, -0.1) is 11.8 Å². The number of esters is 1. The van der Waals surface area contributed by atoms with Gasteiger partial charge in [0.1, 0.15) is 24.3 Å². The highest BCUT2D eigenvalue weighted by atomic mass is 32.2. The second kappa shape index (κ2) is 8.07.